The molecule has 1 aliphatic carbocycles. The van der Waals surface area contributed by atoms with E-state index in [0.717, 1.165) is 38.5 Å². The maximum atomic E-state index is 13.1. The zero-order valence-corrected chi connectivity index (χ0v) is 27.6. The number of unbranched alkanes of at least 4 members (excludes halogenated alkanes) is 4. The van der Waals surface area contributed by atoms with Gasteiger partial charge in [0.2, 0.25) is 5.91 Å². The van der Waals surface area contributed by atoms with Crippen LogP contribution in [0.5, 0.6) is 17.2 Å². The Morgan fingerprint density at radius 1 is 0.851 bits per heavy atom. The molecule has 1 aliphatic rings. The Hall–Kier alpha value is -4.66. The lowest BCUT2D eigenvalue weighted by atomic mass is 10.0. The largest absolute Gasteiger partial charge is 0.494 e. The number of rotatable bonds is 17. The first-order chi connectivity index (χ1) is 22.8. The molecule has 9 heteroatoms. The molecule has 9 nitrogen and oxygen atoms in total. The van der Waals surface area contributed by atoms with Gasteiger partial charge in [-0.1, -0.05) is 57.6 Å². The summed E-state index contributed by atoms with van der Waals surface area (Å²) in [6, 6.07) is 17.7. The second-order valence-electron chi connectivity index (χ2n) is 12.1. The number of methoxy groups -OCH3 is 1. The number of Topliss-reactive ketones (excluding diaryl/α,β-unsaturated/α-hetero) is 1. The van der Waals surface area contributed by atoms with Crippen molar-refractivity contribution < 1.29 is 33.4 Å². The highest BCUT2D eigenvalue weighted by Gasteiger charge is 2.24. The predicted octanol–water partition coefficient (Wildman–Crippen LogP) is 7.32. The molecule has 1 atom stereocenters. The topological polar surface area (TPSA) is 120 Å². The third kappa shape index (κ3) is 10.7. The van der Waals surface area contributed by atoms with Gasteiger partial charge >= 0.3 is 5.97 Å². The second-order valence-corrected chi connectivity index (χ2v) is 12.1. The summed E-state index contributed by atoms with van der Waals surface area (Å²) in [6.45, 7) is 4.24. The summed E-state index contributed by atoms with van der Waals surface area (Å²) < 4.78 is 16.9. The first kappa shape index (κ1) is 35.2. The lowest BCUT2D eigenvalue weighted by molar-refractivity contribution is -0.120. The molecule has 1 fully saturated rings. The lowest BCUT2D eigenvalue weighted by Gasteiger charge is -2.18. The number of amides is 2. The third-order valence-electron chi connectivity index (χ3n) is 8.39. The Kier molecular flexibility index (Phi) is 13.4. The molecule has 4 rings (SSSR count). The molecule has 3 aromatic rings. The van der Waals surface area contributed by atoms with Gasteiger partial charge in [0.05, 0.1) is 25.3 Å². The number of hydrogen-bond acceptors (Lipinski definition) is 7. The van der Waals surface area contributed by atoms with Crippen LogP contribution >= 0.6 is 0 Å². The van der Waals surface area contributed by atoms with Crippen molar-refractivity contribution in [3.05, 3.63) is 83.4 Å². The third-order valence-corrected chi connectivity index (χ3v) is 8.39. The number of esters is 1. The predicted molar refractivity (Wildman–Crippen MR) is 181 cm³/mol. The van der Waals surface area contributed by atoms with Crippen molar-refractivity contribution in [1.82, 2.24) is 5.32 Å². The minimum Gasteiger partial charge on any atom is -0.494 e. The molecule has 0 saturated heterocycles. The fraction of sp³-hybridized carbons (Fsp3) is 0.421. The van der Waals surface area contributed by atoms with Crippen molar-refractivity contribution in [2.24, 2.45) is 5.92 Å². The van der Waals surface area contributed by atoms with Crippen molar-refractivity contribution in [2.45, 2.75) is 84.1 Å². The highest BCUT2D eigenvalue weighted by Crippen LogP contribution is 2.30. The van der Waals surface area contributed by atoms with Crippen molar-refractivity contribution in [1.29, 1.82) is 0 Å². The fourth-order valence-corrected chi connectivity index (χ4v) is 5.61. The number of anilines is 1. The number of ether oxygens (including phenoxy) is 3. The van der Waals surface area contributed by atoms with Crippen molar-refractivity contribution in [3.63, 3.8) is 0 Å². The highest BCUT2D eigenvalue weighted by molar-refractivity contribution is 6.00. The van der Waals surface area contributed by atoms with Gasteiger partial charge in [-0.25, -0.2) is 4.79 Å². The van der Waals surface area contributed by atoms with Crippen LogP contribution in [0.2, 0.25) is 0 Å². The first-order valence-corrected chi connectivity index (χ1v) is 16.6. The van der Waals surface area contributed by atoms with Crippen LogP contribution in [0.15, 0.2) is 66.7 Å². The summed E-state index contributed by atoms with van der Waals surface area (Å²) in [5.41, 5.74) is 1.95. The highest BCUT2D eigenvalue weighted by atomic mass is 16.6. The van der Waals surface area contributed by atoms with E-state index in [1.54, 1.807) is 66.7 Å². The summed E-state index contributed by atoms with van der Waals surface area (Å²) >= 11 is 0. The molecule has 2 amide bonds. The molecule has 0 radical (unpaired) electrons. The number of hydrogen-bond donors (Lipinski definition) is 2. The molecule has 0 heterocycles. The molecular weight excluding hydrogens is 596 g/mol. The van der Waals surface area contributed by atoms with Crippen LogP contribution in [-0.4, -0.2) is 43.3 Å². The van der Waals surface area contributed by atoms with Gasteiger partial charge in [-0.3, -0.25) is 14.4 Å². The number of ketones is 1. The quantitative estimate of drug-likeness (QED) is 0.0899. The first-order valence-electron chi connectivity index (χ1n) is 16.6. The van der Waals surface area contributed by atoms with Gasteiger partial charge in [-0.05, 0) is 92.8 Å². The van der Waals surface area contributed by atoms with Crippen LogP contribution < -0.4 is 24.8 Å². The minimum atomic E-state index is -0.811. The zero-order chi connectivity index (χ0) is 33.6. The van der Waals surface area contributed by atoms with Crippen molar-refractivity contribution >= 4 is 29.3 Å². The van der Waals surface area contributed by atoms with Crippen LogP contribution in [0, 0.1) is 5.92 Å². The Balaban J connectivity index is 1.33. The van der Waals surface area contributed by atoms with Gasteiger partial charge in [-0.15, -0.1) is 0 Å². The van der Waals surface area contributed by atoms with Crippen LogP contribution in [0.4, 0.5) is 5.69 Å². The monoisotopic (exact) mass is 642 g/mol. The maximum absolute atomic E-state index is 13.1. The summed E-state index contributed by atoms with van der Waals surface area (Å²) in [5.74, 6) is 0.0264. The maximum Gasteiger partial charge on any atom is 0.343 e. The van der Waals surface area contributed by atoms with E-state index in [-0.39, 0.29) is 29.8 Å². The zero-order valence-electron chi connectivity index (χ0n) is 27.6. The minimum absolute atomic E-state index is 0.00247. The number of benzene rings is 3. The van der Waals surface area contributed by atoms with Gasteiger partial charge in [0.15, 0.2) is 17.3 Å². The van der Waals surface area contributed by atoms with E-state index in [9.17, 15) is 19.2 Å². The molecular formula is C38H46N2O7. The molecule has 250 valence electrons. The van der Waals surface area contributed by atoms with Gasteiger partial charge in [-0.2, -0.15) is 0 Å². The van der Waals surface area contributed by atoms with E-state index in [2.05, 4.69) is 17.6 Å². The van der Waals surface area contributed by atoms with Crippen LogP contribution in [0.3, 0.4) is 0 Å². The van der Waals surface area contributed by atoms with E-state index < -0.39 is 17.9 Å². The van der Waals surface area contributed by atoms with E-state index in [0.29, 0.717) is 40.5 Å². The average molecular weight is 643 g/mol. The van der Waals surface area contributed by atoms with Gasteiger partial charge in [0.1, 0.15) is 5.75 Å². The summed E-state index contributed by atoms with van der Waals surface area (Å²) in [4.78, 5) is 51.1. The smallest absolute Gasteiger partial charge is 0.343 e. The molecule has 0 bridgehead atoms. The van der Waals surface area contributed by atoms with E-state index >= 15 is 0 Å². The lowest BCUT2D eigenvalue weighted by Crippen LogP contribution is -2.41. The SMILES string of the molecule is CCCCCCCOc1ccc(C(=O)Oc2ccc(CC(NC(=O)c3cccc(NC(=O)C4CCCC4)c3)C(C)=O)cc2OC)cc1. The second kappa shape index (κ2) is 17.9. The van der Waals surface area contributed by atoms with Crippen LogP contribution in [0.25, 0.3) is 0 Å². The van der Waals surface area contributed by atoms with Gasteiger partial charge < -0.3 is 24.8 Å². The number of carbonyl (C=O) groups is 4. The number of carbonyl (C=O) groups excluding carboxylic acids is 4. The average Bonchev–Trinajstić information content (AvgIpc) is 3.62. The normalized spacial score (nSPS) is 13.4. The standard InChI is InChI=1S/C38H46N2O7/c1-4-5-6-7-10-22-46-32-19-17-29(18-20-32)38(44)47-34-21-16-27(24-35(34)45-3)23-33(26(2)41)40-37(43)30-14-11-15-31(25-30)39-36(42)28-12-8-9-13-28/h11,14-21,24-25,28,33H,4-10,12-13,22-23H2,1-3H3,(H,39,42)(H,40,43). The Labute approximate surface area is 277 Å². The molecule has 47 heavy (non-hydrogen) atoms. The molecule has 0 aromatic heterocycles. The molecule has 3 aromatic carbocycles. The molecule has 0 spiro atoms. The van der Waals surface area contributed by atoms with Crippen LogP contribution in [-0.2, 0) is 16.0 Å². The molecule has 2 N–H and O–H groups in total. The van der Waals surface area contributed by atoms with Gasteiger partial charge in [0, 0.05) is 17.2 Å². The molecule has 1 saturated carbocycles. The van der Waals surface area contributed by atoms with Crippen LogP contribution in [0.1, 0.15) is 97.9 Å². The van der Waals surface area contributed by atoms with Crippen molar-refractivity contribution in [3.8, 4) is 17.2 Å². The summed E-state index contributed by atoms with van der Waals surface area (Å²) in [6.07, 6.45) is 9.84. The van der Waals surface area contributed by atoms with E-state index in [1.807, 2.05) is 0 Å². The van der Waals surface area contributed by atoms with Gasteiger partial charge in [0.25, 0.3) is 5.91 Å². The Morgan fingerprint density at radius 3 is 2.30 bits per heavy atom. The molecule has 0 aliphatic heterocycles. The molecule has 1 unspecified atom stereocenters. The summed E-state index contributed by atoms with van der Waals surface area (Å²) in [7, 11) is 1.47. The Morgan fingerprint density at radius 2 is 1.60 bits per heavy atom. The van der Waals surface area contributed by atoms with Crippen molar-refractivity contribution in [2.75, 3.05) is 19.0 Å². The Bertz CT molecular complexity index is 1510. The number of nitrogens with one attached hydrogen (secondary N) is 2. The fourth-order valence-electron chi connectivity index (χ4n) is 5.61. The van der Waals surface area contributed by atoms with E-state index in [1.165, 1.54) is 33.3 Å². The van der Waals surface area contributed by atoms with E-state index in [4.69, 9.17) is 14.2 Å². The summed E-state index contributed by atoms with van der Waals surface area (Å²) in [5, 5.41) is 5.73.